The molecule has 0 atom stereocenters. The Bertz CT molecular complexity index is 331. The van der Waals surface area contributed by atoms with Gasteiger partial charge in [-0.1, -0.05) is 24.6 Å². The molecule has 16 heavy (non-hydrogen) atoms. The van der Waals surface area contributed by atoms with E-state index in [-0.39, 0.29) is 5.82 Å². The maximum absolute atomic E-state index is 13.5. The van der Waals surface area contributed by atoms with Crippen molar-refractivity contribution >= 4 is 23.2 Å². The molecular formula is C12H16Cl2FN. The van der Waals surface area contributed by atoms with Crippen LogP contribution in [0.15, 0.2) is 18.2 Å². The van der Waals surface area contributed by atoms with Crippen LogP contribution in [-0.2, 0) is 6.54 Å². The van der Waals surface area contributed by atoms with Crippen molar-refractivity contribution in [3.63, 3.8) is 0 Å². The molecule has 0 aliphatic heterocycles. The van der Waals surface area contributed by atoms with Crippen molar-refractivity contribution in [1.29, 1.82) is 0 Å². The topological polar surface area (TPSA) is 3.24 Å². The maximum Gasteiger partial charge on any atom is 0.129 e. The summed E-state index contributed by atoms with van der Waals surface area (Å²) >= 11 is 11.3. The highest BCUT2D eigenvalue weighted by atomic mass is 35.5. The molecule has 0 unspecified atom stereocenters. The van der Waals surface area contributed by atoms with Crippen molar-refractivity contribution in [1.82, 2.24) is 4.90 Å². The first-order chi connectivity index (χ1) is 7.67. The third kappa shape index (κ3) is 4.28. The number of hydrogen-bond acceptors (Lipinski definition) is 1. The Balaban J connectivity index is 2.62. The van der Waals surface area contributed by atoms with Crippen LogP contribution in [-0.4, -0.2) is 23.9 Å². The Morgan fingerprint density at radius 3 is 2.69 bits per heavy atom. The summed E-state index contributed by atoms with van der Waals surface area (Å²) in [6.07, 6.45) is 0.921. The molecule has 0 aromatic heterocycles. The second-order valence-electron chi connectivity index (χ2n) is 3.65. The van der Waals surface area contributed by atoms with E-state index in [1.165, 1.54) is 6.07 Å². The van der Waals surface area contributed by atoms with E-state index < -0.39 is 0 Å². The van der Waals surface area contributed by atoms with Gasteiger partial charge in [0.2, 0.25) is 0 Å². The van der Waals surface area contributed by atoms with Gasteiger partial charge in [-0.2, -0.15) is 0 Å². The van der Waals surface area contributed by atoms with Gasteiger partial charge in [0.15, 0.2) is 0 Å². The molecule has 0 fully saturated rings. The van der Waals surface area contributed by atoms with E-state index in [2.05, 4.69) is 11.8 Å². The molecule has 1 nitrogen and oxygen atoms in total. The highest BCUT2D eigenvalue weighted by Gasteiger charge is 2.07. The van der Waals surface area contributed by atoms with E-state index in [1.807, 2.05) is 0 Å². The highest BCUT2D eigenvalue weighted by molar-refractivity contribution is 6.30. The van der Waals surface area contributed by atoms with Crippen LogP contribution in [0.1, 0.15) is 18.9 Å². The predicted octanol–water partition coefficient (Wildman–Crippen LogP) is 3.93. The predicted molar refractivity (Wildman–Crippen MR) is 67.7 cm³/mol. The minimum atomic E-state index is -0.239. The first-order valence-corrected chi connectivity index (χ1v) is 6.31. The molecule has 0 radical (unpaired) electrons. The molecule has 0 aliphatic rings. The van der Waals surface area contributed by atoms with E-state index in [0.29, 0.717) is 23.0 Å². The lowest BCUT2D eigenvalue weighted by atomic mass is 10.2. The fourth-order valence-corrected chi connectivity index (χ4v) is 1.80. The lowest BCUT2D eigenvalue weighted by Gasteiger charge is -2.20. The Kier molecular flexibility index (Phi) is 6.10. The van der Waals surface area contributed by atoms with E-state index in [0.717, 1.165) is 19.5 Å². The van der Waals surface area contributed by atoms with E-state index in [9.17, 15) is 4.39 Å². The van der Waals surface area contributed by atoms with Crippen LogP contribution in [0, 0.1) is 5.82 Å². The van der Waals surface area contributed by atoms with Gasteiger partial charge in [-0.15, -0.1) is 11.6 Å². The van der Waals surface area contributed by atoms with Crippen LogP contribution >= 0.6 is 23.2 Å². The zero-order valence-electron chi connectivity index (χ0n) is 9.35. The number of halogens is 3. The maximum atomic E-state index is 13.5. The summed E-state index contributed by atoms with van der Waals surface area (Å²) in [7, 11) is 0. The first-order valence-electron chi connectivity index (χ1n) is 5.39. The summed E-state index contributed by atoms with van der Waals surface area (Å²) in [5, 5.41) is 0.435. The molecule has 90 valence electrons. The van der Waals surface area contributed by atoms with Crippen molar-refractivity contribution in [2.75, 3.05) is 19.0 Å². The van der Waals surface area contributed by atoms with Gasteiger partial charge in [-0.05, 0) is 31.6 Å². The van der Waals surface area contributed by atoms with Crippen molar-refractivity contribution in [2.24, 2.45) is 0 Å². The zero-order chi connectivity index (χ0) is 12.0. The summed E-state index contributed by atoms with van der Waals surface area (Å²) < 4.78 is 13.5. The van der Waals surface area contributed by atoms with Gasteiger partial charge in [0.05, 0.1) is 0 Å². The Hall–Kier alpha value is -0.310. The highest BCUT2D eigenvalue weighted by Crippen LogP contribution is 2.16. The van der Waals surface area contributed by atoms with Crippen molar-refractivity contribution < 1.29 is 4.39 Å². The van der Waals surface area contributed by atoms with Crippen LogP contribution in [0.3, 0.4) is 0 Å². The van der Waals surface area contributed by atoms with Crippen molar-refractivity contribution in [3.8, 4) is 0 Å². The Morgan fingerprint density at radius 1 is 1.38 bits per heavy atom. The van der Waals surface area contributed by atoms with Gasteiger partial charge in [-0.25, -0.2) is 4.39 Å². The van der Waals surface area contributed by atoms with Gasteiger partial charge in [0, 0.05) is 23.0 Å². The quantitative estimate of drug-likeness (QED) is 0.704. The summed E-state index contributed by atoms with van der Waals surface area (Å²) in [4.78, 5) is 2.16. The molecule has 0 heterocycles. The minimum Gasteiger partial charge on any atom is -0.299 e. The van der Waals surface area contributed by atoms with E-state index in [1.54, 1.807) is 12.1 Å². The molecule has 0 aliphatic carbocycles. The SMILES string of the molecule is CCN(CCCCl)Cc1ccc(Cl)cc1F. The number of alkyl halides is 1. The summed E-state index contributed by atoms with van der Waals surface area (Å²) in [6, 6.07) is 4.81. The number of rotatable bonds is 6. The van der Waals surface area contributed by atoms with Crippen molar-refractivity contribution in [3.05, 3.63) is 34.6 Å². The third-order valence-corrected chi connectivity index (χ3v) is 2.97. The molecule has 0 amide bonds. The fraction of sp³-hybridized carbons (Fsp3) is 0.500. The number of nitrogens with zero attached hydrogens (tertiary/aromatic N) is 1. The van der Waals surface area contributed by atoms with Crippen molar-refractivity contribution in [2.45, 2.75) is 19.9 Å². The number of benzene rings is 1. The molecule has 1 rings (SSSR count). The molecule has 4 heteroatoms. The van der Waals surface area contributed by atoms with Crippen LogP contribution in [0.2, 0.25) is 5.02 Å². The molecular weight excluding hydrogens is 248 g/mol. The van der Waals surface area contributed by atoms with Crippen LogP contribution < -0.4 is 0 Å². The smallest absolute Gasteiger partial charge is 0.129 e. The molecule has 0 saturated carbocycles. The largest absolute Gasteiger partial charge is 0.299 e. The van der Waals surface area contributed by atoms with Gasteiger partial charge >= 0.3 is 0 Å². The monoisotopic (exact) mass is 263 g/mol. The van der Waals surface area contributed by atoms with Gasteiger partial charge in [0.1, 0.15) is 5.82 Å². The van der Waals surface area contributed by atoms with E-state index in [4.69, 9.17) is 23.2 Å². The zero-order valence-corrected chi connectivity index (χ0v) is 10.9. The lowest BCUT2D eigenvalue weighted by molar-refractivity contribution is 0.277. The molecule has 0 saturated heterocycles. The number of hydrogen-bond donors (Lipinski definition) is 0. The Morgan fingerprint density at radius 2 is 2.12 bits per heavy atom. The average Bonchev–Trinajstić information content (AvgIpc) is 2.27. The van der Waals surface area contributed by atoms with Crippen LogP contribution in [0.5, 0.6) is 0 Å². The van der Waals surface area contributed by atoms with Gasteiger partial charge < -0.3 is 0 Å². The second kappa shape index (κ2) is 7.10. The molecule has 0 spiro atoms. The third-order valence-electron chi connectivity index (χ3n) is 2.46. The summed E-state index contributed by atoms with van der Waals surface area (Å²) in [5.41, 5.74) is 0.681. The van der Waals surface area contributed by atoms with Crippen LogP contribution in [0.4, 0.5) is 4.39 Å². The molecule has 1 aromatic rings. The van der Waals surface area contributed by atoms with Gasteiger partial charge in [-0.3, -0.25) is 4.90 Å². The lowest BCUT2D eigenvalue weighted by Crippen LogP contribution is -2.24. The fourth-order valence-electron chi connectivity index (χ4n) is 1.52. The standard InChI is InChI=1S/C12H16Cl2FN/c1-2-16(7-3-6-13)9-10-4-5-11(14)8-12(10)15/h4-5,8H,2-3,6-7,9H2,1H3. The molecule has 1 aromatic carbocycles. The normalized spacial score (nSPS) is 11.1. The first kappa shape index (κ1) is 13.8. The summed E-state index contributed by atoms with van der Waals surface area (Å²) in [6.45, 7) is 4.44. The molecule has 0 bridgehead atoms. The average molecular weight is 264 g/mol. The van der Waals surface area contributed by atoms with E-state index >= 15 is 0 Å². The molecule has 0 N–H and O–H groups in total. The van der Waals surface area contributed by atoms with Gasteiger partial charge in [0.25, 0.3) is 0 Å². The minimum absolute atomic E-state index is 0.239. The van der Waals surface area contributed by atoms with Crippen LogP contribution in [0.25, 0.3) is 0 Å². The second-order valence-corrected chi connectivity index (χ2v) is 4.46. The summed E-state index contributed by atoms with van der Waals surface area (Å²) in [5.74, 6) is 0.399. The Labute approximate surface area is 106 Å².